The molecular weight excluding hydrogens is 410 g/mol. The Morgan fingerprint density at radius 3 is 2.50 bits per heavy atom. The van der Waals surface area contributed by atoms with Crippen LogP contribution in [0, 0.1) is 0 Å². The molecule has 0 aliphatic carbocycles. The van der Waals surface area contributed by atoms with Gasteiger partial charge in [0.15, 0.2) is 6.61 Å². The molecule has 0 unspecified atom stereocenters. The second kappa shape index (κ2) is 8.78. The van der Waals surface area contributed by atoms with Crippen LogP contribution in [0.5, 0.6) is 0 Å². The highest BCUT2D eigenvalue weighted by Gasteiger charge is 2.30. The highest BCUT2D eigenvalue weighted by Crippen LogP contribution is 2.32. The lowest BCUT2D eigenvalue weighted by Gasteiger charge is -2.19. The highest BCUT2D eigenvalue weighted by atomic mass is 32.2. The van der Waals surface area contributed by atoms with Gasteiger partial charge in [0.25, 0.3) is 15.9 Å². The van der Waals surface area contributed by atoms with Crippen LogP contribution in [-0.2, 0) is 30.8 Å². The first-order valence-electron chi connectivity index (χ1n) is 8.92. The Labute approximate surface area is 173 Å². The lowest BCUT2D eigenvalue weighted by atomic mass is 10.2. The minimum absolute atomic E-state index is 0.141. The van der Waals surface area contributed by atoms with Crippen molar-refractivity contribution in [3.8, 4) is 0 Å². The smallest absolute Gasteiger partial charge is 0.331 e. The summed E-state index contributed by atoms with van der Waals surface area (Å²) in [6.07, 6.45) is 3.16. The Morgan fingerprint density at radius 2 is 1.80 bits per heavy atom. The van der Waals surface area contributed by atoms with Crippen molar-refractivity contribution in [2.24, 2.45) is 5.73 Å². The number of anilines is 1. The highest BCUT2D eigenvalue weighted by molar-refractivity contribution is 7.92. The monoisotopic (exact) mass is 429 g/mol. The summed E-state index contributed by atoms with van der Waals surface area (Å²) in [6.45, 7) is -0.265. The zero-order chi connectivity index (χ0) is 21.7. The van der Waals surface area contributed by atoms with E-state index in [0.717, 1.165) is 11.6 Å². The fourth-order valence-corrected chi connectivity index (χ4v) is 4.46. The van der Waals surface area contributed by atoms with Gasteiger partial charge in [-0.1, -0.05) is 30.3 Å². The first-order chi connectivity index (χ1) is 14.3. The van der Waals surface area contributed by atoms with Crippen molar-refractivity contribution in [3.63, 3.8) is 0 Å². The Balaban J connectivity index is 1.64. The quantitative estimate of drug-likeness (QED) is 0.523. The van der Waals surface area contributed by atoms with Gasteiger partial charge in [-0.3, -0.25) is 14.4 Å². The van der Waals surface area contributed by atoms with Crippen LogP contribution in [-0.4, -0.2) is 39.5 Å². The van der Waals surface area contributed by atoms with Gasteiger partial charge in [-0.15, -0.1) is 0 Å². The zero-order valence-electron chi connectivity index (χ0n) is 15.8. The number of urea groups is 1. The molecule has 30 heavy (non-hydrogen) atoms. The maximum atomic E-state index is 13.0. The number of nitrogens with one attached hydrogen (secondary N) is 1. The molecule has 1 aliphatic heterocycles. The number of hydrogen-bond donors (Lipinski definition) is 2. The number of primary amides is 1. The van der Waals surface area contributed by atoms with Crippen LogP contribution >= 0.6 is 0 Å². The summed E-state index contributed by atoms with van der Waals surface area (Å²) in [5, 5.41) is 1.76. The Bertz CT molecular complexity index is 1110. The summed E-state index contributed by atoms with van der Waals surface area (Å²) >= 11 is 0. The third-order valence-corrected chi connectivity index (χ3v) is 6.16. The molecule has 0 radical (unpaired) electrons. The molecule has 10 heteroatoms. The first kappa shape index (κ1) is 21.1. The van der Waals surface area contributed by atoms with Gasteiger partial charge in [0.1, 0.15) is 0 Å². The van der Waals surface area contributed by atoms with Crippen LogP contribution in [0.15, 0.2) is 59.5 Å². The largest absolute Gasteiger partial charge is 0.452 e. The van der Waals surface area contributed by atoms with E-state index in [-0.39, 0.29) is 4.90 Å². The molecule has 3 amide bonds. The number of ether oxygens (including phenoxy) is 1. The van der Waals surface area contributed by atoms with Crippen molar-refractivity contribution in [2.75, 3.05) is 17.5 Å². The maximum Gasteiger partial charge on any atom is 0.331 e. The SMILES string of the molecule is NC(=O)NC(=O)COC(=O)/C=C/c1ccc(S(=O)(=O)N2CCc3ccccc32)cc1. The number of benzene rings is 2. The van der Waals surface area contributed by atoms with Gasteiger partial charge in [0.2, 0.25) is 0 Å². The van der Waals surface area contributed by atoms with Crippen molar-refractivity contribution in [3.05, 3.63) is 65.7 Å². The molecule has 0 fully saturated rings. The van der Waals surface area contributed by atoms with E-state index in [2.05, 4.69) is 4.74 Å². The number of rotatable bonds is 6. The van der Waals surface area contributed by atoms with Crippen LogP contribution in [0.4, 0.5) is 10.5 Å². The summed E-state index contributed by atoms with van der Waals surface area (Å²) in [6, 6.07) is 12.4. The van der Waals surface area contributed by atoms with Crippen LogP contribution in [0.1, 0.15) is 11.1 Å². The fourth-order valence-electron chi connectivity index (χ4n) is 2.96. The molecule has 3 rings (SSSR count). The average Bonchev–Trinajstić information content (AvgIpc) is 3.15. The van der Waals surface area contributed by atoms with E-state index in [0.29, 0.717) is 24.2 Å². The summed E-state index contributed by atoms with van der Waals surface area (Å²) in [5.41, 5.74) is 7.01. The number of carbonyl (C=O) groups is 3. The number of nitrogens with two attached hydrogens (primary N) is 1. The summed E-state index contributed by atoms with van der Waals surface area (Å²) < 4.78 is 32.0. The molecule has 2 aromatic rings. The molecule has 0 aromatic heterocycles. The standard InChI is InChI=1S/C20H19N3O6S/c21-20(26)22-18(24)13-29-19(25)10-7-14-5-8-16(9-6-14)30(27,28)23-12-11-15-3-1-2-4-17(15)23/h1-10H,11-13H2,(H3,21,22,24,26)/b10-7+. The predicted octanol–water partition coefficient (Wildman–Crippen LogP) is 1.19. The summed E-state index contributed by atoms with van der Waals surface area (Å²) in [4.78, 5) is 33.4. The van der Waals surface area contributed by atoms with Crippen molar-refractivity contribution < 1.29 is 27.5 Å². The summed E-state index contributed by atoms with van der Waals surface area (Å²) in [5.74, 6) is -1.65. The van der Waals surface area contributed by atoms with Crippen LogP contribution in [0.2, 0.25) is 0 Å². The van der Waals surface area contributed by atoms with Gasteiger partial charge in [-0.05, 0) is 41.8 Å². The summed E-state index contributed by atoms with van der Waals surface area (Å²) in [7, 11) is -3.69. The van der Waals surface area contributed by atoms with E-state index < -0.39 is 34.5 Å². The minimum Gasteiger partial charge on any atom is -0.452 e. The number of sulfonamides is 1. The third kappa shape index (κ3) is 4.84. The first-order valence-corrected chi connectivity index (χ1v) is 10.4. The van der Waals surface area contributed by atoms with E-state index in [1.54, 1.807) is 29.6 Å². The fraction of sp³-hybridized carbons (Fsp3) is 0.150. The molecule has 0 saturated heterocycles. The molecule has 0 bridgehead atoms. The number of amides is 3. The lowest BCUT2D eigenvalue weighted by molar-refractivity contribution is -0.143. The third-order valence-electron chi connectivity index (χ3n) is 4.33. The molecule has 1 heterocycles. The Hall–Kier alpha value is -3.66. The number of nitrogens with zero attached hydrogens (tertiary/aromatic N) is 1. The van der Waals surface area contributed by atoms with Gasteiger partial charge in [0, 0.05) is 12.6 Å². The lowest BCUT2D eigenvalue weighted by Crippen LogP contribution is -2.37. The zero-order valence-corrected chi connectivity index (χ0v) is 16.6. The van der Waals surface area contributed by atoms with Gasteiger partial charge < -0.3 is 10.5 Å². The molecule has 9 nitrogen and oxygen atoms in total. The maximum absolute atomic E-state index is 13.0. The van der Waals surface area contributed by atoms with Gasteiger partial charge >= 0.3 is 12.0 Å². The van der Waals surface area contributed by atoms with Crippen molar-refractivity contribution in [1.82, 2.24) is 5.32 Å². The topological polar surface area (TPSA) is 136 Å². The number of imide groups is 1. The molecule has 2 aromatic carbocycles. The molecule has 3 N–H and O–H groups in total. The molecule has 0 saturated carbocycles. The van der Waals surface area contributed by atoms with E-state index >= 15 is 0 Å². The van der Waals surface area contributed by atoms with Crippen LogP contribution in [0.3, 0.4) is 0 Å². The van der Waals surface area contributed by atoms with E-state index in [1.807, 2.05) is 12.1 Å². The van der Waals surface area contributed by atoms with Crippen molar-refractivity contribution in [2.45, 2.75) is 11.3 Å². The Kier molecular flexibility index (Phi) is 6.17. The Morgan fingerprint density at radius 1 is 1.10 bits per heavy atom. The molecular formula is C20H19N3O6S. The number of carbonyl (C=O) groups excluding carboxylic acids is 3. The van der Waals surface area contributed by atoms with E-state index in [1.165, 1.54) is 22.5 Å². The second-order valence-corrected chi connectivity index (χ2v) is 8.24. The molecule has 1 aliphatic rings. The molecule has 0 atom stereocenters. The van der Waals surface area contributed by atoms with Crippen LogP contribution < -0.4 is 15.4 Å². The average molecular weight is 429 g/mol. The normalized spacial score (nSPS) is 13.1. The van der Waals surface area contributed by atoms with Crippen molar-refractivity contribution in [1.29, 1.82) is 0 Å². The van der Waals surface area contributed by atoms with Crippen molar-refractivity contribution >= 4 is 39.7 Å². The van der Waals surface area contributed by atoms with Gasteiger partial charge in [0.05, 0.1) is 10.6 Å². The van der Waals surface area contributed by atoms with Gasteiger partial charge in [-0.25, -0.2) is 18.0 Å². The predicted molar refractivity (Wildman–Crippen MR) is 109 cm³/mol. The van der Waals surface area contributed by atoms with Gasteiger partial charge in [-0.2, -0.15) is 0 Å². The number of para-hydroxylation sites is 1. The minimum atomic E-state index is -3.69. The van der Waals surface area contributed by atoms with E-state index in [9.17, 15) is 22.8 Å². The molecule has 156 valence electrons. The molecule has 0 spiro atoms. The second-order valence-electron chi connectivity index (χ2n) is 6.38. The number of esters is 1. The van der Waals surface area contributed by atoms with E-state index in [4.69, 9.17) is 5.73 Å². The number of hydrogen-bond acceptors (Lipinski definition) is 6. The van der Waals surface area contributed by atoms with Crippen LogP contribution in [0.25, 0.3) is 6.08 Å². The number of fused-ring (bicyclic) bond motifs is 1.